The fourth-order valence-corrected chi connectivity index (χ4v) is 3.36. The molecule has 2 N–H and O–H groups in total. The second-order valence-electron chi connectivity index (χ2n) is 5.11. The van der Waals surface area contributed by atoms with Crippen molar-refractivity contribution < 1.29 is 0 Å². The summed E-state index contributed by atoms with van der Waals surface area (Å²) in [5, 5.41) is 0. The van der Waals surface area contributed by atoms with Crippen molar-refractivity contribution in [2.45, 2.75) is 13.3 Å². The number of thioether (sulfide) groups is 1. The zero-order valence-electron chi connectivity index (χ0n) is 13.3. The van der Waals surface area contributed by atoms with Crippen LogP contribution in [0.15, 0.2) is 35.3 Å². The van der Waals surface area contributed by atoms with Gasteiger partial charge in [0, 0.05) is 49.9 Å². The molecule has 2 rings (SSSR count). The molecule has 0 spiro atoms. The summed E-state index contributed by atoms with van der Waals surface area (Å²) in [7, 11) is 0. The Morgan fingerprint density at radius 1 is 1.27 bits per heavy atom. The van der Waals surface area contributed by atoms with Crippen molar-refractivity contribution >= 4 is 47.4 Å². The molecule has 1 heterocycles. The lowest BCUT2D eigenvalue weighted by Crippen LogP contribution is -2.42. The van der Waals surface area contributed by atoms with Gasteiger partial charge in [0.15, 0.2) is 5.96 Å². The van der Waals surface area contributed by atoms with Crippen LogP contribution in [0.4, 0.5) is 5.69 Å². The van der Waals surface area contributed by atoms with E-state index in [1.807, 2.05) is 11.8 Å². The maximum absolute atomic E-state index is 6.06. The molecule has 0 amide bonds. The molecule has 124 valence electrons. The number of rotatable bonds is 6. The van der Waals surface area contributed by atoms with Crippen LogP contribution in [0, 0.1) is 0 Å². The maximum atomic E-state index is 6.06. The molecule has 0 aliphatic carbocycles. The summed E-state index contributed by atoms with van der Waals surface area (Å²) in [4.78, 5) is 9.11. The number of guanidine groups is 1. The summed E-state index contributed by atoms with van der Waals surface area (Å²) < 4.78 is 0. The lowest BCUT2D eigenvalue weighted by molar-refractivity contribution is 0.455. The fraction of sp³-hybridized carbons (Fsp3) is 0.562. The number of anilines is 1. The number of halogens is 1. The van der Waals surface area contributed by atoms with Crippen molar-refractivity contribution in [1.82, 2.24) is 4.90 Å². The van der Waals surface area contributed by atoms with Crippen LogP contribution in [0.1, 0.15) is 13.3 Å². The third-order valence-electron chi connectivity index (χ3n) is 3.70. The quantitative estimate of drug-likeness (QED) is 0.324. The van der Waals surface area contributed by atoms with Gasteiger partial charge in [0.2, 0.25) is 0 Å². The van der Waals surface area contributed by atoms with Gasteiger partial charge in [0.1, 0.15) is 0 Å². The van der Waals surface area contributed by atoms with Crippen LogP contribution in [0.3, 0.4) is 0 Å². The number of hydrogen-bond acceptors (Lipinski definition) is 3. The van der Waals surface area contributed by atoms with E-state index in [-0.39, 0.29) is 24.0 Å². The molecule has 0 unspecified atom stereocenters. The van der Waals surface area contributed by atoms with Gasteiger partial charge >= 0.3 is 0 Å². The van der Waals surface area contributed by atoms with E-state index in [0.29, 0.717) is 0 Å². The van der Waals surface area contributed by atoms with E-state index < -0.39 is 0 Å². The van der Waals surface area contributed by atoms with Gasteiger partial charge in [0.05, 0.1) is 0 Å². The van der Waals surface area contributed by atoms with E-state index in [0.717, 1.165) is 56.6 Å². The molecule has 0 atom stereocenters. The molecule has 1 aliphatic rings. The largest absolute Gasteiger partial charge is 0.372 e. The standard InChI is InChI=1S/C16H26N4S.HI/c1-2-19(15-7-4-3-5-8-15)10-6-9-18-16(17)20-11-13-21-14-12-20;/h3-5,7-8H,2,6,9-14H2,1H3,(H2,17,18);1H. The van der Waals surface area contributed by atoms with Crippen LogP contribution in [-0.4, -0.2) is 55.1 Å². The highest BCUT2D eigenvalue weighted by Crippen LogP contribution is 2.13. The van der Waals surface area contributed by atoms with Gasteiger partial charge in [0.25, 0.3) is 0 Å². The molecule has 1 aromatic rings. The molecule has 0 saturated carbocycles. The number of nitrogens with two attached hydrogens (primary N) is 1. The predicted octanol–water partition coefficient (Wildman–Crippen LogP) is 2.88. The van der Waals surface area contributed by atoms with Crippen LogP contribution in [0.25, 0.3) is 0 Å². The molecule has 4 nitrogen and oxygen atoms in total. The maximum Gasteiger partial charge on any atom is 0.191 e. The van der Waals surface area contributed by atoms with E-state index in [1.165, 1.54) is 5.69 Å². The molecule has 6 heteroatoms. The summed E-state index contributed by atoms with van der Waals surface area (Å²) in [6.07, 6.45) is 1.03. The first-order valence-electron chi connectivity index (χ1n) is 7.74. The van der Waals surface area contributed by atoms with Crippen LogP contribution in [-0.2, 0) is 0 Å². The zero-order chi connectivity index (χ0) is 14.9. The van der Waals surface area contributed by atoms with E-state index >= 15 is 0 Å². The fourth-order valence-electron chi connectivity index (χ4n) is 2.46. The summed E-state index contributed by atoms with van der Waals surface area (Å²) in [5.41, 5.74) is 7.34. The topological polar surface area (TPSA) is 44.9 Å². The molecule has 1 aliphatic heterocycles. The molecule has 1 saturated heterocycles. The van der Waals surface area contributed by atoms with E-state index in [4.69, 9.17) is 5.73 Å². The summed E-state index contributed by atoms with van der Waals surface area (Å²) in [6, 6.07) is 10.5. The highest BCUT2D eigenvalue weighted by molar-refractivity contribution is 14.0. The Hall–Kier alpha value is -0.630. The highest BCUT2D eigenvalue weighted by atomic mass is 127. The van der Waals surface area contributed by atoms with Crippen LogP contribution in [0.2, 0.25) is 0 Å². The lowest BCUT2D eigenvalue weighted by atomic mass is 10.2. The summed E-state index contributed by atoms with van der Waals surface area (Å²) >= 11 is 1.99. The zero-order valence-corrected chi connectivity index (χ0v) is 16.4. The van der Waals surface area contributed by atoms with E-state index in [9.17, 15) is 0 Å². The van der Waals surface area contributed by atoms with Crippen molar-refractivity contribution in [3.8, 4) is 0 Å². The first kappa shape index (κ1) is 19.4. The molecular weight excluding hydrogens is 407 g/mol. The van der Waals surface area contributed by atoms with E-state index in [2.05, 4.69) is 52.0 Å². The van der Waals surface area contributed by atoms with Gasteiger partial charge in [-0.05, 0) is 25.5 Å². The minimum absolute atomic E-state index is 0. The van der Waals surface area contributed by atoms with Crippen LogP contribution in [0.5, 0.6) is 0 Å². The molecule has 1 fully saturated rings. The first-order chi connectivity index (χ1) is 10.3. The Bertz CT molecular complexity index is 435. The minimum atomic E-state index is 0. The number of benzene rings is 1. The second kappa shape index (κ2) is 11.0. The van der Waals surface area contributed by atoms with Crippen LogP contribution < -0.4 is 10.6 Å². The Labute approximate surface area is 155 Å². The molecule has 0 radical (unpaired) electrons. The van der Waals surface area contributed by atoms with Gasteiger partial charge in [-0.15, -0.1) is 24.0 Å². The Morgan fingerprint density at radius 2 is 1.95 bits per heavy atom. The molecule has 0 bridgehead atoms. The average molecular weight is 434 g/mol. The summed E-state index contributed by atoms with van der Waals surface area (Å²) in [6.45, 7) is 7.10. The number of aliphatic imine (C=N–C) groups is 1. The third-order valence-corrected chi connectivity index (χ3v) is 4.64. The Balaban J connectivity index is 0.00000242. The average Bonchev–Trinajstić information content (AvgIpc) is 2.56. The molecule has 22 heavy (non-hydrogen) atoms. The number of nitrogens with zero attached hydrogens (tertiary/aromatic N) is 3. The molecule has 0 aromatic heterocycles. The smallest absolute Gasteiger partial charge is 0.191 e. The van der Waals surface area contributed by atoms with Crippen molar-refractivity contribution in [1.29, 1.82) is 0 Å². The lowest BCUT2D eigenvalue weighted by Gasteiger charge is -2.27. The third kappa shape index (κ3) is 6.24. The monoisotopic (exact) mass is 434 g/mol. The van der Waals surface area contributed by atoms with Crippen molar-refractivity contribution in [3.63, 3.8) is 0 Å². The van der Waals surface area contributed by atoms with E-state index in [1.54, 1.807) is 0 Å². The SMILES string of the molecule is CCN(CCCN=C(N)N1CCSCC1)c1ccccc1.I. The van der Waals surface area contributed by atoms with Crippen molar-refractivity contribution in [3.05, 3.63) is 30.3 Å². The van der Waals surface area contributed by atoms with Crippen molar-refractivity contribution in [2.75, 3.05) is 49.1 Å². The van der Waals surface area contributed by atoms with Crippen molar-refractivity contribution in [2.24, 2.45) is 10.7 Å². The second-order valence-corrected chi connectivity index (χ2v) is 6.33. The van der Waals surface area contributed by atoms with Gasteiger partial charge in [-0.1, -0.05) is 18.2 Å². The minimum Gasteiger partial charge on any atom is -0.372 e. The Kier molecular flexibility index (Phi) is 9.70. The molecule has 1 aromatic carbocycles. The van der Waals surface area contributed by atoms with Gasteiger partial charge in [-0.3, -0.25) is 4.99 Å². The van der Waals surface area contributed by atoms with Crippen LogP contribution >= 0.6 is 35.7 Å². The number of hydrogen-bond donors (Lipinski definition) is 1. The normalized spacial score (nSPS) is 15.3. The highest BCUT2D eigenvalue weighted by Gasteiger charge is 2.11. The number of para-hydroxylation sites is 1. The molecular formula is C16H27IN4S. The van der Waals surface area contributed by atoms with Gasteiger partial charge in [-0.25, -0.2) is 0 Å². The first-order valence-corrected chi connectivity index (χ1v) is 8.89. The predicted molar refractivity (Wildman–Crippen MR) is 110 cm³/mol. The van der Waals surface area contributed by atoms with Gasteiger partial charge in [-0.2, -0.15) is 11.8 Å². The van der Waals surface area contributed by atoms with Gasteiger partial charge < -0.3 is 15.5 Å². The Morgan fingerprint density at radius 3 is 2.59 bits per heavy atom. The summed E-state index contributed by atoms with van der Waals surface area (Å²) in [5.74, 6) is 3.04.